The number of rotatable bonds is 6. The smallest absolute Gasteiger partial charge is 0.222 e. The van der Waals surface area contributed by atoms with E-state index in [0.717, 1.165) is 67.9 Å². The van der Waals surface area contributed by atoms with E-state index in [-0.39, 0.29) is 0 Å². The van der Waals surface area contributed by atoms with Gasteiger partial charge in [-0.3, -0.25) is 9.69 Å². The highest BCUT2D eigenvalue weighted by Crippen LogP contribution is 2.29. The van der Waals surface area contributed by atoms with E-state index in [1.54, 1.807) is 17.6 Å². The second-order valence-corrected chi connectivity index (χ2v) is 8.33. The summed E-state index contributed by atoms with van der Waals surface area (Å²) in [5.41, 5.74) is 1.09. The zero-order valence-corrected chi connectivity index (χ0v) is 16.0. The highest BCUT2D eigenvalue weighted by molar-refractivity contribution is 7.13. The minimum Gasteiger partial charge on any atom is -0.462 e. The second-order valence-electron chi connectivity index (χ2n) is 7.47. The number of carbonyl (C=O) groups is 1. The van der Waals surface area contributed by atoms with Crippen LogP contribution < -0.4 is 0 Å². The van der Waals surface area contributed by atoms with E-state index in [4.69, 9.17) is 4.42 Å². The van der Waals surface area contributed by atoms with Gasteiger partial charge in [-0.25, -0.2) is 4.98 Å². The Labute approximate surface area is 159 Å². The first-order valence-electron chi connectivity index (χ1n) is 9.76. The van der Waals surface area contributed by atoms with Gasteiger partial charge < -0.3 is 9.32 Å². The Balaban J connectivity index is 1.21. The van der Waals surface area contributed by atoms with Crippen LogP contribution in [0.1, 0.15) is 44.2 Å². The number of aromatic nitrogens is 1. The largest absolute Gasteiger partial charge is 0.462 e. The van der Waals surface area contributed by atoms with Crippen molar-refractivity contribution in [3.8, 4) is 10.8 Å². The van der Waals surface area contributed by atoms with Crippen LogP contribution in [0, 0.1) is 5.92 Å². The predicted molar refractivity (Wildman–Crippen MR) is 103 cm³/mol. The van der Waals surface area contributed by atoms with E-state index in [2.05, 4.69) is 20.2 Å². The van der Waals surface area contributed by atoms with Crippen LogP contribution in [0.5, 0.6) is 0 Å². The number of carbonyl (C=O) groups excluding carboxylic acids is 1. The van der Waals surface area contributed by atoms with Crippen LogP contribution in [0.3, 0.4) is 0 Å². The Kier molecular flexibility index (Phi) is 5.70. The van der Waals surface area contributed by atoms with Gasteiger partial charge in [-0.2, -0.15) is 0 Å². The van der Waals surface area contributed by atoms with Gasteiger partial charge in [-0.15, -0.1) is 11.3 Å². The van der Waals surface area contributed by atoms with Crippen molar-refractivity contribution in [2.24, 2.45) is 5.92 Å². The molecule has 26 heavy (non-hydrogen) atoms. The summed E-state index contributed by atoms with van der Waals surface area (Å²) in [5.74, 6) is 1.98. The van der Waals surface area contributed by atoms with E-state index in [1.165, 1.54) is 25.7 Å². The van der Waals surface area contributed by atoms with Crippen LogP contribution >= 0.6 is 11.3 Å². The molecule has 0 aromatic carbocycles. The Bertz CT molecular complexity index is 698. The van der Waals surface area contributed by atoms with Crippen LogP contribution in [-0.2, 0) is 11.3 Å². The number of thiazole rings is 1. The maximum absolute atomic E-state index is 12.4. The van der Waals surface area contributed by atoms with Crippen molar-refractivity contribution in [3.05, 3.63) is 29.5 Å². The third kappa shape index (κ3) is 4.35. The van der Waals surface area contributed by atoms with Crippen molar-refractivity contribution >= 4 is 17.2 Å². The summed E-state index contributed by atoms with van der Waals surface area (Å²) < 4.78 is 5.41. The van der Waals surface area contributed by atoms with Gasteiger partial charge in [0, 0.05) is 44.5 Å². The fraction of sp³-hybridized carbons (Fsp3) is 0.600. The minimum absolute atomic E-state index is 0.352. The fourth-order valence-electron chi connectivity index (χ4n) is 4.06. The van der Waals surface area contributed by atoms with Gasteiger partial charge in [-0.05, 0) is 24.5 Å². The number of amides is 1. The van der Waals surface area contributed by atoms with Gasteiger partial charge >= 0.3 is 0 Å². The molecule has 1 saturated carbocycles. The molecule has 3 heterocycles. The first-order chi connectivity index (χ1) is 12.8. The molecule has 2 aromatic heterocycles. The van der Waals surface area contributed by atoms with E-state index >= 15 is 0 Å². The van der Waals surface area contributed by atoms with Crippen molar-refractivity contribution in [1.29, 1.82) is 0 Å². The zero-order chi connectivity index (χ0) is 17.8. The fourth-order valence-corrected chi connectivity index (χ4v) is 4.84. The Morgan fingerprint density at radius 3 is 2.77 bits per heavy atom. The van der Waals surface area contributed by atoms with Crippen LogP contribution in [0.25, 0.3) is 10.8 Å². The molecular formula is C20H27N3O2S. The van der Waals surface area contributed by atoms with Crippen molar-refractivity contribution in [2.45, 2.75) is 45.1 Å². The van der Waals surface area contributed by atoms with Gasteiger partial charge in [0.25, 0.3) is 0 Å². The van der Waals surface area contributed by atoms with E-state index in [0.29, 0.717) is 5.91 Å². The number of piperazine rings is 1. The zero-order valence-electron chi connectivity index (χ0n) is 15.2. The molecule has 0 spiro atoms. The average Bonchev–Trinajstić information content (AvgIpc) is 3.41. The maximum Gasteiger partial charge on any atom is 0.222 e. The molecule has 1 amide bonds. The molecule has 6 heteroatoms. The SMILES string of the molecule is O=C(CCC1CCCC1)N1CCN(Cc2csc(-c3ccco3)n2)CC1. The van der Waals surface area contributed by atoms with Crippen molar-refractivity contribution < 1.29 is 9.21 Å². The molecular weight excluding hydrogens is 346 g/mol. The van der Waals surface area contributed by atoms with Crippen LogP contribution in [-0.4, -0.2) is 46.9 Å². The highest BCUT2D eigenvalue weighted by Gasteiger charge is 2.23. The maximum atomic E-state index is 12.4. The standard InChI is InChI=1S/C20H27N3O2S/c24-19(8-7-16-4-1-2-5-16)23-11-9-22(10-12-23)14-17-15-26-20(21-17)18-6-3-13-25-18/h3,6,13,15-16H,1-2,4-5,7-12,14H2. The van der Waals surface area contributed by atoms with Gasteiger partial charge in [-0.1, -0.05) is 25.7 Å². The summed E-state index contributed by atoms with van der Waals surface area (Å²) in [5, 5.41) is 3.04. The normalized spacial score (nSPS) is 19.3. The highest BCUT2D eigenvalue weighted by atomic mass is 32.1. The van der Waals surface area contributed by atoms with Crippen molar-refractivity contribution in [3.63, 3.8) is 0 Å². The molecule has 0 bridgehead atoms. The first kappa shape index (κ1) is 17.7. The molecule has 0 N–H and O–H groups in total. The molecule has 0 unspecified atom stereocenters. The van der Waals surface area contributed by atoms with Crippen LogP contribution in [0.15, 0.2) is 28.2 Å². The molecule has 1 aliphatic carbocycles. The average molecular weight is 374 g/mol. The van der Waals surface area contributed by atoms with Gasteiger partial charge in [0.2, 0.25) is 5.91 Å². The molecule has 1 aliphatic heterocycles. The summed E-state index contributed by atoms with van der Waals surface area (Å²) in [4.78, 5) is 21.6. The lowest BCUT2D eigenvalue weighted by Gasteiger charge is -2.34. The molecule has 2 fully saturated rings. The number of furan rings is 1. The molecule has 0 radical (unpaired) electrons. The lowest BCUT2D eigenvalue weighted by molar-refractivity contribution is -0.133. The molecule has 1 saturated heterocycles. The quantitative estimate of drug-likeness (QED) is 0.767. The molecule has 140 valence electrons. The van der Waals surface area contributed by atoms with Gasteiger partial charge in [0.05, 0.1) is 12.0 Å². The number of hydrogen-bond acceptors (Lipinski definition) is 5. The molecule has 2 aromatic rings. The Hall–Kier alpha value is -1.66. The summed E-state index contributed by atoms with van der Waals surface area (Å²) in [6, 6.07) is 3.83. The summed E-state index contributed by atoms with van der Waals surface area (Å²) in [6.07, 6.45) is 8.88. The lowest BCUT2D eigenvalue weighted by Crippen LogP contribution is -2.48. The van der Waals surface area contributed by atoms with E-state index in [1.807, 2.05) is 12.1 Å². The van der Waals surface area contributed by atoms with Crippen LogP contribution in [0.4, 0.5) is 0 Å². The second kappa shape index (κ2) is 8.35. The molecule has 0 atom stereocenters. The predicted octanol–water partition coefficient (Wildman–Crippen LogP) is 4.02. The van der Waals surface area contributed by atoms with E-state index < -0.39 is 0 Å². The van der Waals surface area contributed by atoms with Gasteiger partial charge in [0.15, 0.2) is 10.8 Å². The van der Waals surface area contributed by atoms with Crippen LogP contribution in [0.2, 0.25) is 0 Å². The first-order valence-corrected chi connectivity index (χ1v) is 10.6. The summed E-state index contributed by atoms with van der Waals surface area (Å²) in [6.45, 7) is 4.41. The van der Waals surface area contributed by atoms with Gasteiger partial charge in [0.1, 0.15) is 0 Å². The van der Waals surface area contributed by atoms with Crippen molar-refractivity contribution in [2.75, 3.05) is 26.2 Å². The number of nitrogens with zero attached hydrogens (tertiary/aromatic N) is 3. The topological polar surface area (TPSA) is 49.6 Å². The Morgan fingerprint density at radius 2 is 2.04 bits per heavy atom. The summed E-state index contributed by atoms with van der Waals surface area (Å²) in [7, 11) is 0. The molecule has 5 nitrogen and oxygen atoms in total. The molecule has 2 aliphatic rings. The van der Waals surface area contributed by atoms with E-state index in [9.17, 15) is 4.79 Å². The van der Waals surface area contributed by atoms with Crippen molar-refractivity contribution in [1.82, 2.24) is 14.8 Å². The Morgan fingerprint density at radius 1 is 1.23 bits per heavy atom. The third-order valence-electron chi connectivity index (χ3n) is 5.64. The summed E-state index contributed by atoms with van der Waals surface area (Å²) >= 11 is 1.62. The third-order valence-corrected chi connectivity index (χ3v) is 6.54. The monoisotopic (exact) mass is 373 g/mol. The number of hydrogen-bond donors (Lipinski definition) is 0. The molecule has 4 rings (SSSR count). The lowest BCUT2D eigenvalue weighted by atomic mass is 10.0. The minimum atomic E-state index is 0.352.